The number of pyridine rings is 2. The number of carbonyl (C=O) groups excluding carboxylic acids is 1. The van der Waals surface area contributed by atoms with Crippen LogP contribution in [0.15, 0.2) is 77.9 Å². The second-order valence-electron chi connectivity index (χ2n) is 13.2. The summed E-state index contributed by atoms with van der Waals surface area (Å²) in [5, 5.41) is 17.0. The number of carbonyl (C=O) groups is 2. The Morgan fingerprint density at radius 2 is 1.73 bits per heavy atom. The van der Waals surface area contributed by atoms with Crippen molar-refractivity contribution < 1.29 is 19.4 Å². The molecule has 5 heterocycles. The number of carboxylic acids is 1. The third kappa shape index (κ3) is 7.27. The first-order chi connectivity index (χ1) is 25.2. The van der Waals surface area contributed by atoms with Crippen LogP contribution in [0.2, 0.25) is 10.0 Å². The normalized spacial score (nSPS) is 17.7. The third-order valence-electron chi connectivity index (χ3n) is 9.85. The van der Waals surface area contributed by atoms with Crippen LogP contribution in [0.3, 0.4) is 0 Å². The van der Waals surface area contributed by atoms with Crippen molar-refractivity contribution in [3.63, 3.8) is 0 Å². The van der Waals surface area contributed by atoms with E-state index in [1.165, 1.54) is 4.40 Å². The SMILES string of the molecule is COc1nc(-c2cccc(-c3cccc(-c4ccn5c(=O)c(CN6CCCC[C@H]6C(=O)O)cnc5c4)c3Cl)c2Cl)ccc1CNC[C@@H]1CCC(=O)N1. The largest absolute Gasteiger partial charge is 0.481 e. The van der Waals surface area contributed by atoms with Crippen molar-refractivity contribution in [2.75, 3.05) is 20.2 Å². The van der Waals surface area contributed by atoms with Crippen LogP contribution in [0.5, 0.6) is 5.88 Å². The lowest BCUT2D eigenvalue weighted by molar-refractivity contribution is -0.144. The number of nitrogens with one attached hydrogen (secondary N) is 2. The van der Waals surface area contributed by atoms with E-state index in [1.54, 1.807) is 19.5 Å². The van der Waals surface area contributed by atoms with Gasteiger partial charge in [-0.15, -0.1) is 0 Å². The van der Waals surface area contributed by atoms with Gasteiger partial charge in [0.1, 0.15) is 11.7 Å². The quantitative estimate of drug-likeness (QED) is 0.144. The molecule has 5 aromatic rings. The number of piperidine rings is 1. The minimum absolute atomic E-state index is 0.0873. The predicted octanol–water partition coefficient (Wildman–Crippen LogP) is 6.21. The van der Waals surface area contributed by atoms with E-state index in [0.717, 1.165) is 52.6 Å². The van der Waals surface area contributed by atoms with Gasteiger partial charge in [0, 0.05) is 72.3 Å². The van der Waals surface area contributed by atoms with Gasteiger partial charge in [0.25, 0.3) is 5.56 Å². The Hall–Kier alpha value is -4.81. The molecule has 1 amide bonds. The van der Waals surface area contributed by atoms with Gasteiger partial charge >= 0.3 is 5.97 Å². The number of carboxylic acid groups (broad SMARTS) is 1. The maximum Gasteiger partial charge on any atom is 0.320 e. The summed E-state index contributed by atoms with van der Waals surface area (Å²) in [6.45, 7) is 2.05. The van der Waals surface area contributed by atoms with Gasteiger partial charge in [0.15, 0.2) is 0 Å². The highest BCUT2D eigenvalue weighted by Crippen LogP contribution is 2.42. The van der Waals surface area contributed by atoms with E-state index in [4.69, 9.17) is 32.9 Å². The first-order valence-electron chi connectivity index (χ1n) is 17.3. The van der Waals surface area contributed by atoms with E-state index in [-0.39, 0.29) is 24.1 Å². The first-order valence-corrected chi connectivity index (χ1v) is 18.1. The van der Waals surface area contributed by atoms with Crippen molar-refractivity contribution in [3.8, 4) is 39.4 Å². The van der Waals surface area contributed by atoms with Crippen molar-refractivity contribution in [1.82, 2.24) is 29.9 Å². The molecule has 0 unspecified atom stereocenters. The van der Waals surface area contributed by atoms with Crippen molar-refractivity contribution in [3.05, 3.63) is 105 Å². The lowest BCUT2D eigenvalue weighted by Gasteiger charge is -2.32. The molecule has 13 heteroatoms. The molecule has 0 bridgehead atoms. The molecule has 2 fully saturated rings. The fourth-order valence-electron chi connectivity index (χ4n) is 7.11. The summed E-state index contributed by atoms with van der Waals surface area (Å²) in [5.41, 5.74) is 5.88. The summed E-state index contributed by atoms with van der Waals surface area (Å²) in [6.07, 6.45) is 6.92. The number of nitrogens with zero attached hydrogens (tertiary/aromatic N) is 4. The number of ether oxygens (including phenoxy) is 1. The molecule has 52 heavy (non-hydrogen) atoms. The van der Waals surface area contributed by atoms with E-state index in [1.807, 2.05) is 65.6 Å². The number of hydrogen-bond donors (Lipinski definition) is 3. The van der Waals surface area contributed by atoms with Crippen LogP contribution in [0.4, 0.5) is 0 Å². The molecule has 268 valence electrons. The molecule has 0 spiro atoms. The molecule has 2 saturated heterocycles. The second-order valence-corrected chi connectivity index (χ2v) is 13.9. The summed E-state index contributed by atoms with van der Waals surface area (Å²) in [6, 6.07) is 18.5. The van der Waals surface area contributed by atoms with Gasteiger partial charge in [-0.05, 0) is 49.6 Å². The molecule has 3 N–H and O–H groups in total. The number of methoxy groups -OCH3 is 1. The number of rotatable bonds is 11. The Bertz CT molecular complexity index is 2230. The van der Waals surface area contributed by atoms with Gasteiger partial charge in [-0.3, -0.25) is 23.7 Å². The maximum atomic E-state index is 13.5. The molecule has 11 nitrogen and oxygen atoms in total. The number of amides is 1. The number of halogens is 2. The van der Waals surface area contributed by atoms with E-state index in [9.17, 15) is 19.5 Å². The maximum absolute atomic E-state index is 13.5. The Balaban J connectivity index is 1.13. The average molecular weight is 742 g/mol. The number of hydrogen-bond acceptors (Lipinski definition) is 8. The van der Waals surface area contributed by atoms with Crippen LogP contribution in [0.1, 0.15) is 43.2 Å². The zero-order chi connectivity index (χ0) is 36.4. The van der Waals surface area contributed by atoms with Gasteiger partial charge in [-0.2, -0.15) is 0 Å². The molecular weight excluding hydrogens is 703 g/mol. The highest BCUT2D eigenvalue weighted by atomic mass is 35.5. The van der Waals surface area contributed by atoms with Crippen molar-refractivity contribution >= 4 is 40.7 Å². The predicted molar refractivity (Wildman–Crippen MR) is 201 cm³/mol. The molecular formula is C39H38Cl2N6O5. The highest BCUT2D eigenvalue weighted by molar-refractivity contribution is 6.39. The number of benzene rings is 2. The Morgan fingerprint density at radius 1 is 0.981 bits per heavy atom. The molecule has 0 aliphatic carbocycles. The van der Waals surface area contributed by atoms with Gasteiger partial charge < -0.3 is 20.5 Å². The molecule has 0 radical (unpaired) electrons. The molecule has 2 aliphatic heterocycles. The molecule has 2 aliphatic rings. The summed E-state index contributed by atoms with van der Waals surface area (Å²) in [7, 11) is 1.58. The van der Waals surface area contributed by atoms with E-state index < -0.39 is 12.0 Å². The summed E-state index contributed by atoms with van der Waals surface area (Å²) in [5.74, 6) is -0.299. The monoisotopic (exact) mass is 740 g/mol. The second kappa shape index (κ2) is 15.4. The molecule has 2 aromatic carbocycles. The Kier molecular flexibility index (Phi) is 10.6. The topological polar surface area (TPSA) is 138 Å². The number of likely N-dealkylation sites (tertiary alicyclic amines) is 1. The minimum Gasteiger partial charge on any atom is -0.481 e. The zero-order valence-electron chi connectivity index (χ0n) is 28.6. The Labute approximate surface area is 310 Å². The van der Waals surface area contributed by atoms with Crippen LogP contribution in [0, 0.1) is 0 Å². The van der Waals surface area contributed by atoms with Gasteiger partial charge in [0.2, 0.25) is 11.8 Å². The number of aromatic nitrogens is 3. The molecule has 3 aromatic heterocycles. The lowest BCUT2D eigenvalue weighted by Crippen LogP contribution is -2.45. The van der Waals surface area contributed by atoms with Crippen molar-refractivity contribution in [2.45, 2.75) is 57.3 Å². The molecule has 2 atom stereocenters. The zero-order valence-corrected chi connectivity index (χ0v) is 30.1. The standard InChI is InChI=1S/C39H38Cl2N6O5/c1-52-37-24(19-42-21-26-12-14-34(48)44-26)11-13-31(45-37)30-9-5-8-29(36(30)41)28-7-4-6-27(35(28)40)23-15-17-47-33(18-23)43-20-25(38(47)49)22-46-16-3-2-10-32(46)39(50)51/h4-9,11,13,15,17-18,20,26,32,42H,2-3,10,12,14,16,19,21-22H2,1H3,(H,44,48)(H,50,51)/t26-,32-/m0/s1. The fraction of sp³-hybridized carbons (Fsp3) is 0.308. The average Bonchev–Trinajstić information content (AvgIpc) is 3.57. The smallest absolute Gasteiger partial charge is 0.320 e. The Morgan fingerprint density at radius 3 is 2.46 bits per heavy atom. The summed E-state index contributed by atoms with van der Waals surface area (Å²) < 4.78 is 7.12. The van der Waals surface area contributed by atoms with Crippen molar-refractivity contribution in [2.24, 2.45) is 0 Å². The third-order valence-corrected chi connectivity index (χ3v) is 10.7. The van der Waals surface area contributed by atoms with Crippen molar-refractivity contribution in [1.29, 1.82) is 0 Å². The molecule has 7 rings (SSSR count). The van der Waals surface area contributed by atoms with Crippen LogP contribution < -0.4 is 20.9 Å². The number of aliphatic carboxylic acids is 1. The summed E-state index contributed by atoms with van der Waals surface area (Å²) in [4.78, 5) is 48.0. The molecule has 0 saturated carbocycles. The fourth-order valence-corrected chi connectivity index (χ4v) is 7.77. The van der Waals surface area contributed by atoms with E-state index in [2.05, 4.69) is 15.6 Å². The van der Waals surface area contributed by atoms with Crippen LogP contribution in [0.25, 0.3) is 39.2 Å². The minimum atomic E-state index is -0.867. The van der Waals surface area contributed by atoms with E-state index in [0.29, 0.717) is 65.3 Å². The highest BCUT2D eigenvalue weighted by Gasteiger charge is 2.29. The van der Waals surface area contributed by atoms with E-state index >= 15 is 0 Å². The number of fused-ring (bicyclic) bond motifs is 1. The van der Waals surface area contributed by atoms with Crippen LogP contribution in [-0.2, 0) is 22.7 Å². The first kappa shape index (κ1) is 35.6. The van der Waals surface area contributed by atoms with Gasteiger partial charge in [0.05, 0.1) is 28.4 Å². The van der Waals surface area contributed by atoms with Gasteiger partial charge in [-0.1, -0.05) is 72.1 Å². The van der Waals surface area contributed by atoms with Crippen LogP contribution >= 0.6 is 23.2 Å². The van der Waals surface area contributed by atoms with Crippen LogP contribution in [-0.4, -0.2) is 68.5 Å². The van der Waals surface area contributed by atoms with Gasteiger partial charge in [-0.25, -0.2) is 9.97 Å². The summed E-state index contributed by atoms with van der Waals surface area (Å²) >= 11 is 14.2. The lowest BCUT2D eigenvalue weighted by atomic mass is 9.97.